The van der Waals surface area contributed by atoms with Gasteiger partial charge in [0.15, 0.2) is 0 Å². The van der Waals surface area contributed by atoms with Crippen LogP contribution in [-0.2, 0) is 4.79 Å². The molecule has 0 saturated carbocycles. The van der Waals surface area contributed by atoms with Crippen LogP contribution in [0.1, 0.15) is 31.6 Å². The van der Waals surface area contributed by atoms with Crippen molar-refractivity contribution < 1.29 is 9.59 Å². The zero-order chi connectivity index (χ0) is 13.0. The second-order valence-electron chi connectivity index (χ2n) is 3.66. The Morgan fingerprint density at radius 1 is 1.47 bits per heavy atom. The topological polar surface area (TPSA) is 115 Å². The van der Waals surface area contributed by atoms with Crippen LogP contribution >= 0.6 is 0 Å². The van der Waals surface area contributed by atoms with Crippen molar-refractivity contribution in [3.8, 4) is 0 Å². The molecule has 8 nitrogen and oxygen atoms in total. The molecular weight excluding hydrogens is 224 g/mol. The van der Waals surface area contributed by atoms with E-state index in [1.165, 1.54) is 11.7 Å². The highest BCUT2D eigenvalue weighted by molar-refractivity contribution is 5.95. The molecule has 0 spiro atoms. The van der Waals surface area contributed by atoms with Crippen molar-refractivity contribution in [2.45, 2.75) is 25.9 Å². The average molecular weight is 240 g/mol. The van der Waals surface area contributed by atoms with E-state index in [2.05, 4.69) is 20.9 Å². The first kappa shape index (κ1) is 13.1. The average Bonchev–Trinajstić information content (AvgIpc) is 2.77. The summed E-state index contributed by atoms with van der Waals surface area (Å²) < 4.78 is 1.36. The van der Waals surface area contributed by atoms with E-state index in [9.17, 15) is 9.59 Å². The summed E-state index contributed by atoms with van der Waals surface area (Å²) in [7, 11) is 1.43. The van der Waals surface area contributed by atoms with Gasteiger partial charge in [-0.05, 0) is 13.8 Å². The van der Waals surface area contributed by atoms with Crippen LogP contribution in [-0.4, -0.2) is 34.0 Å². The predicted molar refractivity (Wildman–Crippen MR) is 59.9 cm³/mol. The van der Waals surface area contributed by atoms with Gasteiger partial charge in [0.2, 0.25) is 0 Å². The first-order chi connectivity index (χ1) is 7.95. The number of aromatic nitrogens is 3. The lowest BCUT2D eigenvalue weighted by molar-refractivity contribution is -0.123. The standard InChI is InChI=1S/C9H16N6O2/c1-5(10)7-4-15(14-13-7)6(2)8(16)12-9(17)11-3/h4-6H,10H2,1-3H3,(H2,11,12,16,17). The molecule has 3 amide bonds. The first-order valence-electron chi connectivity index (χ1n) is 5.15. The number of nitrogens with zero attached hydrogens (tertiary/aromatic N) is 3. The van der Waals surface area contributed by atoms with E-state index in [4.69, 9.17) is 5.73 Å². The van der Waals surface area contributed by atoms with Gasteiger partial charge in [-0.1, -0.05) is 5.21 Å². The highest BCUT2D eigenvalue weighted by Gasteiger charge is 2.19. The number of rotatable bonds is 3. The molecule has 0 aromatic carbocycles. The molecule has 0 aliphatic heterocycles. The van der Waals surface area contributed by atoms with E-state index in [1.54, 1.807) is 20.0 Å². The fourth-order valence-corrected chi connectivity index (χ4v) is 1.09. The number of imide groups is 1. The van der Waals surface area contributed by atoms with Crippen molar-refractivity contribution in [2.75, 3.05) is 7.05 Å². The van der Waals surface area contributed by atoms with Gasteiger partial charge in [0.25, 0.3) is 5.91 Å². The van der Waals surface area contributed by atoms with Crippen molar-refractivity contribution in [1.82, 2.24) is 25.6 Å². The Labute approximate surface area is 98.5 Å². The van der Waals surface area contributed by atoms with Gasteiger partial charge in [-0.2, -0.15) is 0 Å². The molecule has 94 valence electrons. The molecule has 0 fully saturated rings. The summed E-state index contributed by atoms with van der Waals surface area (Å²) in [5.41, 5.74) is 6.21. The minimum absolute atomic E-state index is 0.252. The molecule has 2 unspecified atom stereocenters. The molecule has 0 aliphatic rings. The third-order valence-corrected chi connectivity index (χ3v) is 2.23. The molecular formula is C9H16N6O2. The summed E-state index contributed by atoms with van der Waals surface area (Å²) >= 11 is 0. The molecule has 1 aromatic heterocycles. The molecule has 8 heteroatoms. The Balaban J connectivity index is 2.71. The van der Waals surface area contributed by atoms with Crippen LogP contribution in [0.5, 0.6) is 0 Å². The number of carbonyl (C=O) groups excluding carboxylic acids is 2. The predicted octanol–water partition coefficient (Wildman–Crippen LogP) is -0.686. The quantitative estimate of drug-likeness (QED) is 0.647. The van der Waals surface area contributed by atoms with Crippen molar-refractivity contribution >= 4 is 11.9 Å². The molecule has 0 radical (unpaired) electrons. The maximum Gasteiger partial charge on any atom is 0.321 e. The molecule has 2 atom stereocenters. The van der Waals surface area contributed by atoms with Gasteiger partial charge in [0.05, 0.1) is 11.9 Å². The summed E-state index contributed by atoms with van der Waals surface area (Å²) in [5.74, 6) is -0.467. The number of nitrogens with one attached hydrogen (secondary N) is 2. The number of hydrogen-bond donors (Lipinski definition) is 3. The number of carbonyl (C=O) groups is 2. The monoisotopic (exact) mass is 240 g/mol. The Hall–Kier alpha value is -1.96. The highest BCUT2D eigenvalue weighted by Crippen LogP contribution is 2.08. The smallest absolute Gasteiger partial charge is 0.321 e. The maximum atomic E-state index is 11.6. The summed E-state index contributed by atoms with van der Waals surface area (Å²) in [6, 6.07) is -1.44. The van der Waals surface area contributed by atoms with Crippen LogP contribution in [0.25, 0.3) is 0 Å². The fraction of sp³-hybridized carbons (Fsp3) is 0.556. The third-order valence-electron chi connectivity index (χ3n) is 2.23. The second kappa shape index (κ2) is 5.39. The van der Waals surface area contributed by atoms with Gasteiger partial charge in [-0.25, -0.2) is 9.48 Å². The molecule has 0 saturated heterocycles. The van der Waals surface area contributed by atoms with Crippen LogP contribution in [0, 0.1) is 0 Å². The van der Waals surface area contributed by atoms with E-state index in [1.807, 2.05) is 0 Å². The normalized spacial score (nSPS) is 13.9. The minimum Gasteiger partial charge on any atom is -0.341 e. The SMILES string of the molecule is CNC(=O)NC(=O)C(C)n1cc(C(C)N)nn1. The van der Waals surface area contributed by atoms with Crippen molar-refractivity contribution in [1.29, 1.82) is 0 Å². The van der Waals surface area contributed by atoms with E-state index >= 15 is 0 Å². The number of hydrogen-bond acceptors (Lipinski definition) is 5. The minimum atomic E-state index is -0.632. The summed E-state index contributed by atoms with van der Waals surface area (Å²) in [6.07, 6.45) is 1.58. The van der Waals surface area contributed by atoms with Crippen molar-refractivity contribution in [2.24, 2.45) is 5.73 Å². The molecule has 0 aliphatic carbocycles. The number of amides is 3. The van der Waals surface area contributed by atoms with E-state index in [0.29, 0.717) is 5.69 Å². The maximum absolute atomic E-state index is 11.6. The van der Waals surface area contributed by atoms with Gasteiger partial charge in [-0.3, -0.25) is 10.1 Å². The van der Waals surface area contributed by atoms with Crippen LogP contribution in [0.3, 0.4) is 0 Å². The largest absolute Gasteiger partial charge is 0.341 e. The lowest BCUT2D eigenvalue weighted by Gasteiger charge is -2.10. The van der Waals surface area contributed by atoms with E-state index in [-0.39, 0.29) is 6.04 Å². The summed E-state index contributed by atoms with van der Waals surface area (Å²) in [5, 5.41) is 12.1. The van der Waals surface area contributed by atoms with Gasteiger partial charge in [0, 0.05) is 13.1 Å². The molecule has 1 aromatic rings. The Morgan fingerprint density at radius 3 is 2.59 bits per heavy atom. The van der Waals surface area contributed by atoms with Crippen LogP contribution in [0.2, 0.25) is 0 Å². The van der Waals surface area contributed by atoms with Gasteiger partial charge >= 0.3 is 6.03 Å². The zero-order valence-corrected chi connectivity index (χ0v) is 9.97. The molecule has 4 N–H and O–H groups in total. The van der Waals surface area contributed by atoms with Crippen LogP contribution in [0.15, 0.2) is 6.20 Å². The lowest BCUT2D eigenvalue weighted by atomic mass is 10.3. The molecule has 1 rings (SSSR count). The third kappa shape index (κ3) is 3.25. The fourth-order valence-electron chi connectivity index (χ4n) is 1.09. The lowest BCUT2D eigenvalue weighted by Crippen LogP contribution is -2.40. The van der Waals surface area contributed by atoms with Gasteiger partial charge in [-0.15, -0.1) is 5.10 Å². The van der Waals surface area contributed by atoms with Crippen molar-refractivity contribution in [3.63, 3.8) is 0 Å². The summed E-state index contributed by atoms with van der Waals surface area (Å²) in [6.45, 7) is 3.38. The first-order valence-corrected chi connectivity index (χ1v) is 5.15. The Kier molecular flexibility index (Phi) is 4.16. The molecule has 1 heterocycles. The van der Waals surface area contributed by atoms with E-state index in [0.717, 1.165) is 0 Å². The van der Waals surface area contributed by atoms with Crippen molar-refractivity contribution in [3.05, 3.63) is 11.9 Å². The molecule has 17 heavy (non-hydrogen) atoms. The summed E-state index contributed by atoms with van der Waals surface area (Å²) in [4.78, 5) is 22.6. The van der Waals surface area contributed by atoms with Crippen LogP contribution < -0.4 is 16.4 Å². The highest BCUT2D eigenvalue weighted by atomic mass is 16.2. The molecule has 0 bridgehead atoms. The number of nitrogens with two attached hydrogens (primary N) is 1. The van der Waals surface area contributed by atoms with Gasteiger partial charge in [0.1, 0.15) is 6.04 Å². The second-order valence-corrected chi connectivity index (χ2v) is 3.66. The van der Waals surface area contributed by atoms with Gasteiger partial charge < -0.3 is 11.1 Å². The number of urea groups is 1. The Morgan fingerprint density at radius 2 is 2.12 bits per heavy atom. The zero-order valence-electron chi connectivity index (χ0n) is 9.97. The van der Waals surface area contributed by atoms with E-state index < -0.39 is 18.0 Å². The Bertz CT molecular complexity index is 413. The van der Waals surface area contributed by atoms with Crippen LogP contribution in [0.4, 0.5) is 4.79 Å².